The smallest absolute Gasteiger partial charge is 0.249 e. The number of hydrogen-bond acceptors (Lipinski definition) is 2. The zero-order valence-corrected chi connectivity index (χ0v) is 12.5. The van der Waals surface area contributed by atoms with E-state index in [2.05, 4.69) is 33.0 Å². The Morgan fingerprint density at radius 3 is 2.06 bits per heavy atom. The molecule has 0 saturated carbocycles. The molecule has 0 heterocycles. The molecule has 102 valence electrons. The van der Waals surface area contributed by atoms with E-state index in [1.165, 1.54) is 0 Å². The highest BCUT2D eigenvalue weighted by molar-refractivity contribution is 5.81. The molecule has 0 bridgehead atoms. The summed E-state index contributed by atoms with van der Waals surface area (Å²) in [6, 6.07) is 0. The molecule has 0 spiro atoms. The zero-order valence-electron chi connectivity index (χ0n) is 12.5. The van der Waals surface area contributed by atoms with Gasteiger partial charge in [-0.2, -0.15) is 0 Å². The van der Waals surface area contributed by atoms with Gasteiger partial charge >= 0.3 is 0 Å². The molecular formula is C14H29NO2. The molecule has 0 aliphatic rings. The Morgan fingerprint density at radius 2 is 1.71 bits per heavy atom. The van der Waals surface area contributed by atoms with Crippen molar-refractivity contribution in [2.24, 2.45) is 5.41 Å². The molecule has 0 aromatic rings. The summed E-state index contributed by atoms with van der Waals surface area (Å²) in [4.78, 5) is 12.1. The highest BCUT2D eigenvalue weighted by atomic mass is 16.5. The van der Waals surface area contributed by atoms with Gasteiger partial charge in [-0.15, -0.1) is 0 Å². The topological polar surface area (TPSA) is 38.3 Å². The maximum Gasteiger partial charge on any atom is 0.249 e. The highest BCUT2D eigenvalue weighted by Gasteiger charge is 2.27. The second-order valence-corrected chi connectivity index (χ2v) is 6.86. The van der Waals surface area contributed by atoms with Crippen molar-refractivity contribution in [1.29, 1.82) is 0 Å². The molecule has 17 heavy (non-hydrogen) atoms. The lowest BCUT2D eigenvalue weighted by Gasteiger charge is -2.29. The number of ether oxygens (including phenoxy) is 1. The van der Waals surface area contributed by atoms with Crippen LogP contribution in [0.2, 0.25) is 0 Å². The first kappa shape index (κ1) is 16.4. The van der Waals surface area contributed by atoms with Crippen molar-refractivity contribution in [2.45, 2.75) is 73.0 Å². The summed E-state index contributed by atoms with van der Waals surface area (Å²) >= 11 is 0. The van der Waals surface area contributed by atoms with E-state index in [9.17, 15) is 4.79 Å². The van der Waals surface area contributed by atoms with E-state index < -0.39 is 0 Å². The summed E-state index contributed by atoms with van der Waals surface area (Å²) in [6.45, 7) is 15.0. The van der Waals surface area contributed by atoms with Crippen molar-refractivity contribution in [3.63, 3.8) is 0 Å². The van der Waals surface area contributed by atoms with Crippen LogP contribution in [-0.4, -0.2) is 24.2 Å². The normalized spacial score (nSPS) is 14.5. The van der Waals surface area contributed by atoms with Gasteiger partial charge in [0.25, 0.3) is 0 Å². The van der Waals surface area contributed by atoms with E-state index in [4.69, 9.17) is 4.74 Å². The summed E-state index contributed by atoms with van der Waals surface area (Å²) in [5, 5.41) is 2.99. The molecule has 0 aliphatic carbocycles. The van der Waals surface area contributed by atoms with Crippen LogP contribution in [0.1, 0.15) is 61.3 Å². The number of amides is 1. The van der Waals surface area contributed by atoms with E-state index in [1.807, 2.05) is 20.8 Å². The van der Waals surface area contributed by atoms with E-state index in [0.29, 0.717) is 6.61 Å². The minimum Gasteiger partial charge on any atom is -0.368 e. The van der Waals surface area contributed by atoms with Gasteiger partial charge in [-0.1, -0.05) is 27.7 Å². The Hall–Kier alpha value is -0.570. The third kappa shape index (κ3) is 9.16. The van der Waals surface area contributed by atoms with Crippen LogP contribution in [0.4, 0.5) is 0 Å². The molecular weight excluding hydrogens is 214 g/mol. The number of carbonyl (C=O) groups is 1. The molecule has 3 nitrogen and oxygen atoms in total. The van der Waals surface area contributed by atoms with Crippen molar-refractivity contribution in [2.75, 3.05) is 6.61 Å². The second kappa shape index (κ2) is 6.39. The van der Waals surface area contributed by atoms with Crippen molar-refractivity contribution >= 4 is 5.91 Å². The van der Waals surface area contributed by atoms with E-state index >= 15 is 0 Å². The second-order valence-electron chi connectivity index (χ2n) is 6.86. The SMILES string of the molecule is CCCOC(CC(C)(C)C)C(=O)NC(C)(C)C. The summed E-state index contributed by atoms with van der Waals surface area (Å²) in [5.41, 5.74) is -0.115. The van der Waals surface area contributed by atoms with Crippen molar-refractivity contribution < 1.29 is 9.53 Å². The van der Waals surface area contributed by atoms with E-state index in [0.717, 1.165) is 12.8 Å². The number of hydrogen-bond donors (Lipinski definition) is 1. The minimum atomic E-state index is -0.339. The van der Waals surface area contributed by atoms with E-state index in [-0.39, 0.29) is 23.0 Å². The summed E-state index contributed by atoms with van der Waals surface area (Å²) in [6.07, 6.45) is 1.34. The number of nitrogens with one attached hydrogen (secondary N) is 1. The Kier molecular flexibility index (Phi) is 6.17. The first-order chi connectivity index (χ1) is 7.55. The van der Waals surface area contributed by atoms with Gasteiger partial charge < -0.3 is 10.1 Å². The quantitative estimate of drug-likeness (QED) is 0.805. The third-order valence-electron chi connectivity index (χ3n) is 2.11. The lowest BCUT2D eigenvalue weighted by Crippen LogP contribution is -2.47. The maximum absolute atomic E-state index is 12.1. The lowest BCUT2D eigenvalue weighted by molar-refractivity contribution is -0.136. The minimum absolute atomic E-state index is 0.000810. The molecule has 1 unspecified atom stereocenters. The molecule has 1 N–H and O–H groups in total. The Balaban J connectivity index is 4.51. The van der Waals surface area contributed by atoms with Crippen LogP contribution in [0.25, 0.3) is 0 Å². The van der Waals surface area contributed by atoms with Crippen LogP contribution in [-0.2, 0) is 9.53 Å². The van der Waals surface area contributed by atoms with E-state index in [1.54, 1.807) is 0 Å². The van der Waals surface area contributed by atoms with Crippen LogP contribution in [0, 0.1) is 5.41 Å². The van der Waals surface area contributed by atoms with Crippen LogP contribution in [0.15, 0.2) is 0 Å². The average molecular weight is 243 g/mol. The lowest BCUT2D eigenvalue weighted by atomic mass is 9.88. The maximum atomic E-state index is 12.1. The van der Waals surface area contributed by atoms with Crippen molar-refractivity contribution in [3.8, 4) is 0 Å². The third-order valence-corrected chi connectivity index (χ3v) is 2.11. The predicted molar refractivity (Wildman–Crippen MR) is 72.0 cm³/mol. The molecule has 0 fully saturated rings. The van der Waals surface area contributed by atoms with Crippen LogP contribution < -0.4 is 5.32 Å². The van der Waals surface area contributed by atoms with Gasteiger partial charge in [0.15, 0.2) is 0 Å². The molecule has 3 heteroatoms. The first-order valence-electron chi connectivity index (χ1n) is 6.49. The highest BCUT2D eigenvalue weighted by Crippen LogP contribution is 2.23. The summed E-state index contributed by atoms with van der Waals surface area (Å²) in [5.74, 6) is 0.000810. The molecule has 0 aromatic heterocycles. The first-order valence-corrected chi connectivity index (χ1v) is 6.49. The molecule has 0 aliphatic heterocycles. The fraction of sp³-hybridized carbons (Fsp3) is 0.929. The van der Waals surface area contributed by atoms with Gasteiger partial charge in [0.2, 0.25) is 5.91 Å². The van der Waals surface area contributed by atoms with Crippen molar-refractivity contribution in [1.82, 2.24) is 5.32 Å². The Labute approximate surface area is 106 Å². The molecule has 0 radical (unpaired) electrons. The Morgan fingerprint density at radius 1 is 1.18 bits per heavy atom. The monoisotopic (exact) mass is 243 g/mol. The standard InChI is InChI=1S/C14H29NO2/c1-8-9-17-11(10-13(2,3)4)12(16)15-14(5,6)7/h11H,8-10H2,1-7H3,(H,15,16). The molecule has 1 amide bonds. The number of rotatable bonds is 5. The van der Waals surface area contributed by atoms with Gasteiger partial charge in [-0.05, 0) is 39.0 Å². The van der Waals surface area contributed by atoms with Crippen LogP contribution in [0.5, 0.6) is 0 Å². The fourth-order valence-electron chi connectivity index (χ4n) is 1.49. The fourth-order valence-corrected chi connectivity index (χ4v) is 1.49. The van der Waals surface area contributed by atoms with Crippen molar-refractivity contribution in [3.05, 3.63) is 0 Å². The molecule has 0 aromatic carbocycles. The largest absolute Gasteiger partial charge is 0.368 e. The van der Waals surface area contributed by atoms with Gasteiger partial charge in [0.05, 0.1) is 0 Å². The predicted octanol–water partition coefficient (Wildman–Crippen LogP) is 3.13. The van der Waals surface area contributed by atoms with Crippen LogP contribution >= 0.6 is 0 Å². The zero-order chi connectivity index (χ0) is 13.7. The van der Waals surface area contributed by atoms with Gasteiger partial charge in [-0.3, -0.25) is 4.79 Å². The summed E-state index contributed by atoms with van der Waals surface area (Å²) in [7, 11) is 0. The van der Waals surface area contributed by atoms with Gasteiger partial charge in [0, 0.05) is 12.1 Å². The number of carbonyl (C=O) groups excluding carboxylic acids is 1. The molecule has 0 saturated heterocycles. The van der Waals surface area contributed by atoms with Crippen LogP contribution in [0.3, 0.4) is 0 Å². The van der Waals surface area contributed by atoms with Gasteiger partial charge in [-0.25, -0.2) is 0 Å². The molecule has 0 rings (SSSR count). The summed E-state index contributed by atoms with van der Waals surface area (Å²) < 4.78 is 5.66. The average Bonchev–Trinajstić information content (AvgIpc) is 2.07. The molecule has 1 atom stereocenters. The van der Waals surface area contributed by atoms with Gasteiger partial charge in [0.1, 0.15) is 6.10 Å². The Bertz CT molecular complexity index is 236.